The maximum atomic E-state index is 13.0. The summed E-state index contributed by atoms with van der Waals surface area (Å²) in [5.41, 5.74) is 1.95. The highest BCUT2D eigenvalue weighted by Gasteiger charge is 2.13. The van der Waals surface area contributed by atoms with E-state index in [-0.39, 0.29) is 11.4 Å². The molecule has 0 spiro atoms. The van der Waals surface area contributed by atoms with Crippen molar-refractivity contribution in [3.05, 3.63) is 47.0 Å². The van der Waals surface area contributed by atoms with Crippen LogP contribution in [0.5, 0.6) is 0 Å². The van der Waals surface area contributed by atoms with Crippen LogP contribution < -0.4 is 0 Å². The van der Waals surface area contributed by atoms with E-state index in [9.17, 15) is 9.18 Å². The Morgan fingerprint density at radius 3 is 2.65 bits per heavy atom. The van der Waals surface area contributed by atoms with Crippen LogP contribution in [0.4, 0.5) is 4.39 Å². The van der Waals surface area contributed by atoms with Crippen LogP contribution in [0.25, 0.3) is 5.69 Å². The maximum Gasteiger partial charge on any atom is 0.339 e. The molecule has 0 aliphatic rings. The van der Waals surface area contributed by atoms with Crippen molar-refractivity contribution in [2.45, 2.75) is 13.8 Å². The molecular formula is C12H11FN2O2. The van der Waals surface area contributed by atoms with Crippen molar-refractivity contribution in [3.8, 4) is 5.69 Å². The second-order valence-electron chi connectivity index (χ2n) is 3.81. The van der Waals surface area contributed by atoms with E-state index in [1.54, 1.807) is 19.9 Å². The van der Waals surface area contributed by atoms with E-state index in [0.29, 0.717) is 16.9 Å². The lowest BCUT2D eigenvalue weighted by Crippen LogP contribution is -1.98. The van der Waals surface area contributed by atoms with Gasteiger partial charge in [0.1, 0.15) is 11.4 Å². The third-order valence-electron chi connectivity index (χ3n) is 2.53. The number of rotatable bonds is 2. The van der Waals surface area contributed by atoms with Crippen molar-refractivity contribution >= 4 is 5.97 Å². The molecule has 0 bridgehead atoms. The lowest BCUT2D eigenvalue weighted by molar-refractivity contribution is 0.0696. The van der Waals surface area contributed by atoms with Gasteiger partial charge >= 0.3 is 5.97 Å². The van der Waals surface area contributed by atoms with Crippen molar-refractivity contribution < 1.29 is 14.3 Å². The summed E-state index contributed by atoms with van der Waals surface area (Å²) in [5, 5.41) is 13.0. The number of hydrogen-bond donors (Lipinski definition) is 1. The first-order valence-electron chi connectivity index (χ1n) is 5.05. The molecule has 17 heavy (non-hydrogen) atoms. The van der Waals surface area contributed by atoms with E-state index in [4.69, 9.17) is 5.11 Å². The smallest absolute Gasteiger partial charge is 0.339 e. The summed E-state index contributed by atoms with van der Waals surface area (Å²) >= 11 is 0. The molecule has 0 saturated carbocycles. The van der Waals surface area contributed by atoms with Gasteiger partial charge in [-0.25, -0.2) is 13.9 Å². The van der Waals surface area contributed by atoms with Crippen LogP contribution in [0, 0.1) is 19.7 Å². The first-order valence-corrected chi connectivity index (χ1v) is 5.05. The second kappa shape index (κ2) is 4.01. The highest BCUT2D eigenvalue weighted by atomic mass is 19.1. The molecule has 0 saturated heterocycles. The fraction of sp³-hybridized carbons (Fsp3) is 0.167. The molecule has 0 fully saturated rings. The highest BCUT2D eigenvalue weighted by molar-refractivity contribution is 5.88. The number of carboxylic acids is 1. The van der Waals surface area contributed by atoms with Gasteiger partial charge in [-0.1, -0.05) is 0 Å². The fourth-order valence-corrected chi connectivity index (χ4v) is 1.67. The highest BCUT2D eigenvalue weighted by Crippen LogP contribution is 2.16. The Kier molecular flexibility index (Phi) is 2.67. The summed E-state index contributed by atoms with van der Waals surface area (Å²) in [5.74, 6) is -1.35. The summed E-state index contributed by atoms with van der Waals surface area (Å²) in [6.07, 6.45) is 1.43. The van der Waals surface area contributed by atoms with Crippen molar-refractivity contribution in [3.63, 3.8) is 0 Å². The predicted molar refractivity (Wildman–Crippen MR) is 60.0 cm³/mol. The van der Waals surface area contributed by atoms with Crippen LogP contribution in [0.2, 0.25) is 0 Å². The number of aromatic carboxylic acids is 1. The van der Waals surface area contributed by atoms with Crippen LogP contribution in [0.3, 0.4) is 0 Å². The quantitative estimate of drug-likeness (QED) is 0.867. The van der Waals surface area contributed by atoms with E-state index < -0.39 is 5.97 Å². The zero-order chi connectivity index (χ0) is 12.6. The molecule has 0 aliphatic carbocycles. The van der Waals surface area contributed by atoms with E-state index >= 15 is 0 Å². The lowest BCUT2D eigenvalue weighted by atomic mass is 10.2. The topological polar surface area (TPSA) is 55.1 Å². The third kappa shape index (κ3) is 2.04. The first kappa shape index (κ1) is 11.3. The van der Waals surface area contributed by atoms with Gasteiger partial charge < -0.3 is 5.11 Å². The Bertz CT molecular complexity index is 590. The minimum atomic E-state index is -1.02. The molecule has 1 aromatic carbocycles. The van der Waals surface area contributed by atoms with Crippen molar-refractivity contribution in [1.29, 1.82) is 0 Å². The third-order valence-corrected chi connectivity index (χ3v) is 2.53. The van der Waals surface area contributed by atoms with Gasteiger partial charge in [0.05, 0.1) is 11.4 Å². The molecule has 1 N–H and O–H groups in total. The largest absolute Gasteiger partial charge is 0.478 e. The number of carbonyl (C=O) groups is 1. The van der Waals surface area contributed by atoms with Crippen molar-refractivity contribution in [2.75, 3.05) is 0 Å². The van der Waals surface area contributed by atoms with E-state index in [2.05, 4.69) is 5.10 Å². The number of aryl methyl sites for hydroxylation is 2. The van der Waals surface area contributed by atoms with Crippen LogP contribution in [0.1, 0.15) is 21.6 Å². The summed E-state index contributed by atoms with van der Waals surface area (Å²) < 4.78 is 14.4. The number of aromatic nitrogens is 2. The Hall–Kier alpha value is -2.17. The standard InChI is InChI=1S/C12H11FN2O2/c1-7-5-9(13)3-4-11(7)15-6-10(12(16)17)8(2)14-15/h3-6H,1-2H3,(H,16,17). The SMILES string of the molecule is Cc1cc(F)ccc1-n1cc(C(=O)O)c(C)n1. The van der Waals surface area contributed by atoms with Gasteiger partial charge in [-0.3, -0.25) is 0 Å². The van der Waals surface area contributed by atoms with E-state index in [1.807, 2.05) is 0 Å². The second-order valence-corrected chi connectivity index (χ2v) is 3.81. The number of halogens is 1. The van der Waals surface area contributed by atoms with Gasteiger partial charge in [-0.2, -0.15) is 5.10 Å². The molecule has 2 rings (SSSR count). The zero-order valence-electron chi connectivity index (χ0n) is 9.44. The molecule has 5 heteroatoms. The Morgan fingerprint density at radius 1 is 1.41 bits per heavy atom. The molecule has 0 amide bonds. The van der Waals surface area contributed by atoms with Gasteiger partial charge in [0.25, 0.3) is 0 Å². The number of carboxylic acid groups (broad SMARTS) is 1. The lowest BCUT2D eigenvalue weighted by Gasteiger charge is -2.05. The Balaban J connectivity index is 2.53. The van der Waals surface area contributed by atoms with E-state index in [0.717, 1.165) is 0 Å². The first-order chi connectivity index (χ1) is 7.99. The monoisotopic (exact) mass is 234 g/mol. The molecule has 2 aromatic rings. The van der Waals surface area contributed by atoms with Crippen LogP contribution in [-0.2, 0) is 0 Å². The molecule has 4 nitrogen and oxygen atoms in total. The summed E-state index contributed by atoms with van der Waals surface area (Å²) in [4.78, 5) is 10.9. The van der Waals surface area contributed by atoms with Crippen LogP contribution >= 0.6 is 0 Å². The normalized spacial score (nSPS) is 10.5. The minimum absolute atomic E-state index is 0.147. The van der Waals surface area contributed by atoms with Gasteiger partial charge in [0.2, 0.25) is 0 Å². The van der Waals surface area contributed by atoms with Crippen LogP contribution in [-0.4, -0.2) is 20.9 Å². The molecule has 0 aliphatic heterocycles. The zero-order valence-corrected chi connectivity index (χ0v) is 9.44. The Morgan fingerprint density at radius 2 is 2.12 bits per heavy atom. The maximum absolute atomic E-state index is 13.0. The summed E-state index contributed by atoms with van der Waals surface area (Å²) in [6.45, 7) is 3.37. The van der Waals surface area contributed by atoms with Crippen molar-refractivity contribution in [1.82, 2.24) is 9.78 Å². The molecule has 1 aromatic heterocycles. The van der Waals surface area contributed by atoms with Crippen molar-refractivity contribution in [2.24, 2.45) is 0 Å². The van der Waals surface area contributed by atoms with Gasteiger partial charge in [-0.15, -0.1) is 0 Å². The molecule has 88 valence electrons. The average Bonchev–Trinajstić information content (AvgIpc) is 2.60. The molecular weight excluding hydrogens is 223 g/mol. The molecule has 0 atom stereocenters. The molecule has 0 unspecified atom stereocenters. The Labute approximate surface area is 97.3 Å². The number of nitrogens with zero attached hydrogens (tertiary/aromatic N) is 2. The van der Waals surface area contributed by atoms with Gasteiger partial charge in [0, 0.05) is 6.20 Å². The minimum Gasteiger partial charge on any atom is -0.478 e. The molecule has 0 radical (unpaired) electrons. The summed E-state index contributed by atoms with van der Waals surface area (Å²) in [6, 6.07) is 4.27. The average molecular weight is 234 g/mol. The van der Waals surface area contributed by atoms with Gasteiger partial charge in [0.15, 0.2) is 0 Å². The predicted octanol–water partition coefficient (Wildman–Crippen LogP) is 2.33. The van der Waals surface area contributed by atoms with E-state index in [1.165, 1.54) is 23.0 Å². The molecule has 1 heterocycles. The van der Waals surface area contributed by atoms with Gasteiger partial charge in [-0.05, 0) is 37.6 Å². The number of benzene rings is 1. The fourth-order valence-electron chi connectivity index (χ4n) is 1.67. The number of hydrogen-bond acceptors (Lipinski definition) is 2. The summed E-state index contributed by atoms with van der Waals surface area (Å²) in [7, 11) is 0. The van der Waals surface area contributed by atoms with Crippen LogP contribution in [0.15, 0.2) is 24.4 Å².